The van der Waals surface area contributed by atoms with Crippen molar-refractivity contribution in [3.63, 3.8) is 0 Å². The molecule has 18 heavy (non-hydrogen) atoms. The normalized spacial score (nSPS) is 20.4. The molecule has 0 saturated carbocycles. The highest BCUT2D eigenvalue weighted by atomic mass is 16.2. The molecule has 1 unspecified atom stereocenters. The molecule has 1 amide bonds. The first kappa shape index (κ1) is 15.5. The topological polar surface area (TPSA) is 32.3 Å². The van der Waals surface area contributed by atoms with E-state index in [4.69, 9.17) is 0 Å². The van der Waals surface area contributed by atoms with E-state index in [1.807, 2.05) is 0 Å². The van der Waals surface area contributed by atoms with Gasteiger partial charge in [-0.3, -0.25) is 4.79 Å². The van der Waals surface area contributed by atoms with Gasteiger partial charge in [-0.2, -0.15) is 0 Å². The Bertz CT molecular complexity index is 235. The van der Waals surface area contributed by atoms with Crippen LogP contribution in [-0.4, -0.2) is 36.5 Å². The molecule has 1 aliphatic heterocycles. The first-order valence-electron chi connectivity index (χ1n) is 7.50. The summed E-state index contributed by atoms with van der Waals surface area (Å²) in [7, 11) is 0. The lowest BCUT2D eigenvalue weighted by Gasteiger charge is -2.30. The number of nitrogens with zero attached hydrogens (tertiary/aromatic N) is 1. The molecule has 1 N–H and O–H groups in total. The van der Waals surface area contributed by atoms with Crippen molar-refractivity contribution in [1.29, 1.82) is 0 Å². The first-order valence-corrected chi connectivity index (χ1v) is 7.50. The van der Waals surface area contributed by atoms with Gasteiger partial charge in [-0.25, -0.2) is 0 Å². The highest BCUT2D eigenvalue weighted by Crippen LogP contribution is 2.13. The second-order valence-corrected chi connectivity index (χ2v) is 6.44. The molecule has 0 spiro atoms. The van der Waals surface area contributed by atoms with Crippen LogP contribution in [0.15, 0.2) is 0 Å². The Morgan fingerprint density at radius 3 is 2.22 bits per heavy atom. The number of amides is 1. The predicted molar refractivity (Wildman–Crippen MR) is 76.5 cm³/mol. The van der Waals surface area contributed by atoms with E-state index >= 15 is 0 Å². The van der Waals surface area contributed by atoms with Crippen LogP contribution in [0.5, 0.6) is 0 Å². The smallest absolute Gasteiger partial charge is 0.224 e. The number of rotatable bonds is 6. The van der Waals surface area contributed by atoms with Gasteiger partial charge in [-0.1, -0.05) is 34.1 Å². The van der Waals surface area contributed by atoms with Crippen molar-refractivity contribution < 1.29 is 4.79 Å². The summed E-state index contributed by atoms with van der Waals surface area (Å²) in [6.45, 7) is 11.6. The van der Waals surface area contributed by atoms with Crippen LogP contribution in [0.3, 0.4) is 0 Å². The molecule has 0 aromatic heterocycles. The lowest BCUT2D eigenvalue weighted by Crippen LogP contribution is -2.42. The van der Waals surface area contributed by atoms with Gasteiger partial charge in [0.2, 0.25) is 5.91 Å². The predicted octanol–water partition coefficient (Wildman–Crippen LogP) is 2.66. The fraction of sp³-hybridized carbons (Fsp3) is 0.933. The second kappa shape index (κ2) is 7.78. The van der Waals surface area contributed by atoms with Gasteiger partial charge in [0.1, 0.15) is 0 Å². The van der Waals surface area contributed by atoms with E-state index in [0.29, 0.717) is 30.2 Å². The largest absolute Gasteiger partial charge is 0.342 e. The molecule has 0 radical (unpaired) electrons. The molecule has 0 aliphatic carbocycles. The van der Waals surface area contributed by atoms with E-state index in [-0.39, 0.29) is 0 Å². The number of piperidine rings is 1. The van der Waals surface area contributed by atoms with Gasteiger partial charge in [0.15, 0.2) is 0 Å². The SMILES string of the molecule is CC(C)CN(CC(C)C)C(=O)CC1CCCCN1. The summed E-state index contributed by atoms with van der Waals surface area (Å²) in [5.41, 5.74) is 0. The summed E-state index contributed by atoms with van der Waals surface area (Å²) >= 11 is 0. The summed E-state index contributed by atoms with van der Waals surface area (Å²) in [6, 6.07) is 0.410. The molecule has 1 aliphatic rings. The summed E-state index contributed by atoms with van der Waals surface area (Å²) in [5.74, 6) is 1.43. The van der Waals surface area contributed by atoms with Crippen LogP contribution in [0.2, 0.25) is 0 Å². The highest BCUT2D eigenvalue weighted by Gasteiger charge is 2.21. The monoisotopic (exact) mass is 254 g/mol. The van der Waals surface area contributed by atoms with Crippen molar-refractivity contribution in [2.75, 3.05) is 19.6 Å². The average Bonchev–Trinajstić information content (AvgIpc) is 2.28. The van der Waals surface area contributed by atoms with Gasteiger partial charge >= 0.3 is 0 Å². The van der Waals surface area contributed by atoms with Gasteiger partial charge in [0.25, 0.3) is 0 Å². The van der Waals surface area contributed by atoms with Crippen molar-refractivity contribution >= 4 is 5.91 Å². The zero-order chi connectivity index (χ0) is 13.5. The lowest BCUT2D eigenvalue weighted by molar-refractivity contribution is -0.133. The van der Waals surface area contributed by atoms with Crippen molar-refractivity contribution in [3.8, 4) is 0 Å². The third-order valence-electron chi connectivity index (χ3n) is 3.36. The van der Waals surface area contributed by atoms with E-state index in [1.54, 1.807) is 0 Å². The first-order chi connectivity index (χ1) is 8.49. The number of nitrogens with one attached hydrogen (secondary N) is 1. The molecule has 106 valence electrons. The molecule has 1 atom stereocenters. The number of carbonyl (C=O) groups is 1. The van der Waals surface area contributed by atoms with Crippen LogP contribution in [0.25, 0.3) is 0 Å². The molecule has 3 heteroatoms. The lowest BCUT2D eigenvalue weighted by atomic mass is 10.0. The molecule has 0 aromatic carbocycles. The second-order valence-electron chi connectivity index (χ2n) is 6.44. The molecule has 1 saturated heterocycles. The Hall–Kier alpha value is -0.570. The maximum atomic E-state index is 12.4. The minimum atomic E-state index is 0.330. The van der Waals surface area contributed by atoms with Crippen LogP contribution in [0.4, 0.5) is 0 Å². The minimum absolute atomic E-state index is 0.330. The van der Waals surface area contributed by atoms with Crippen molar-refractivity contribution in [2.45, 2.75) is 59.4 Å². The fourth-order valence-corrected chi connectivity index (χ4v) is 2.60. The van der Waals surface area contributed by atoms with Crippen LogP contribution in [-0.2, 0) is 4.79 Å². The van der Waals surface area contributed by atoms with E-state index in [1.165, 1.54) is 12.8 Å². The van der Waals surface area contributed by atoms with Gasteiger partial charge in [0.05, 0.1) is 0 Å². The van der Waals surface area contributed by atoms with Crippen LogP contribution >= 0.6 is 0 Å². The van der Waals surface area contributed by atoms with E-state index in [9.17, 15) is 4.79 Å². The van der Waals surface area contributed by atoms with Crippen LogP contribution in [0.1, 0.15) is 53.4 Å². The van der Waals surface area contributed by atoms with Crippen LogP contribution < -0.4 is 5.32 Å². The minimum Gasteiger partial charge on any atom is -0.342 e. The van der Waals surface area contributed by atoms with Gasteiger partial charge < -0.3 is 10.2 Å². The number of hydrogen-bond acceptors (Lipinski definition) is 2. The fourth-order valence-electron chi connectivity index (χ4n) is 2.60. The molecule has 1 rings (SSSR count). The van der Waals surface area contributed by atoms with E-state index in [0.717, 1.165) is 26.1 Å². The van der Waals surface area contributed by atoms with Crippen molar-refractivity contribution in [1.82, 2.24) is 10.2 Å². The zero-order valence-corrected chi connectivity index (χ0v) is 12.5. The molecule has 0 bridgehead atoms. The maximum absolute atomic E-state index is 12.4. The standard InChI is InChI=1S/C15H30N2O/c1-12(2)10-17(11-13(3)4)15(18)9-14-7-5-6-8-16-14/h12-14,16H,5-11H2,1-4H3. The Labute approximate surface area is 112 Å². The van der Waals surface area contributed by atoms with Gasteiger partial charge in [-0.15, -0.1) is 0 Å². The van der Waals surface area contributed by atoms with E-state index in [2.05, 4.69) is 37.9 Å². The molecule has 1 fully saturated rings. The molecule has 1 heterocycles. The van der Waals surface area contributed by atoms with Crippen LogP contribution in [0, 0.1) is 11.8 Å². The highest BCUT2D eigenvalue weighted by molar-refractivity contribution is 5.76. The number of carbonyl (C=O) groups excluding carboxylic acids is 1. The Balaban J connectivity index is 2.46. The Kier molecular flexibility index (Phi) is 6.69. The summed E-state index contributed by atoms with van der Waals surface area (Å²) < 4.78 is 0. The molecular formula is C15H30N2O. The van der Waals surface area contributed by atoms with E-state index < -0.39 is 0 Å². The Morgan fingerprint density at radius 1 is 1.17 bits per heavy atom. The average molecular weight is 254 g/mol. The number of hydrogen-bond donors (Lipinski definition) is 1. The van der Waals surface area contributed by atoms with Gasteiger partial charge in [-0.05, 0) is 31.2 Å². The third kappa shape index (κ3) is 5.85. The maximum Gasteiger partial charge on any atom is 0.224 e. The third-order valence-corrected chi connectivity index (χ3v) is 3.36. The van der Waals surface area contributed by atoms with Crippen molar-refractivity contribution in [2.24, 2.45) is 11.8 Å². The summed E-state index contributed by atoms with van der Waals surface area (Å²) in [6.07, 6.45) is 4.36. The van der Waals surface area contributed by atoms with Gasteiger partial charge in [0, 0.05) is 25.6 Å². The zero-order valence-electron chi connectivity index (χ0n) is 12.5. The summed E-state index contributed by atoms with van der Waals surface area (Å²) in [5, 5.41) is 3.46. The molecule has 0 aromatic rings. The molecule has 3 nitrogen and oxygen atoms in total. The summed E-state index contributed by atoms with van der Waals surface area (Å²) in [4.78, 5) is 14.4. The quantitative estimate of drug-likeness (QED) is 0.790. The van der Waals surface area contributed by atoms with Crippen molar-refractivity contribution in [3.05, 3.63) is 0 Å². The molecular weight excluding hydrogens is 224 g/mol. The Morgan fingerprint density at radius 2 is 1.78 bits per heavy atom.